The van der Waals surface area contributed by atoms with Crippen LogP contribution in [0.15, 0.2) is 36.8 Å². The SMILES string of the molecule is CC(C)(C)OC(=O)NCc1ccc(-c2ccncn2)cc1CN. The maximum Gasteiger partial charge on any atom is 0.407 e. The maximum absolute atomic E-state index is 11.7. The molecule has 0 bridgehead atoms. The molecule has 1 amide bonds. The molecule has 23 heavy (non-hydrogen) atoms. The molecule has 3 N–H and O–H groups in total. The van der Waals surface area contributed by atoms with Crippen molar-refractivity contribution in [1.82, 2.24) is 15.3 Å². The minimum atomic E-state index is -0.516. The molecule has 0 fully saturated rings. The molecule has 0 atom stereocenters. The summed E-state index contributed by atoms with van der Waals surface area (Å²) in [6.07, 6.45) is 2.76. The van der Waals surface area contributed by atoms with Crippen LogP contribution in [0.2, 0.25) is 0 Å². The summed E-state index contributed by atoms with van der Waals surface area (Å²) in [7, 11) is 0. The van der Waals surface area contributed by atoms with E-state index < -0.39 is 11.7 Å². The van der Waals surface area contributed by atoms with E-state index in [0.717, 1.165) is 22.4 Å². The van der Waals surface area contributed by atoms with Crippen molar-refractivity contribution in [1.29, 1.82) is 0 Å². The number of nitrogens with zero attached hydrogens (tertiary/aromatic N) is 2. The molecule has 0 aliphatic rings. The number of ether oxygens (including phenoxy) is 1. The van der Waals surface area contributed by atoms with Gasteiger partial charge in [-0.05, 0) is 44.0 Å². The van der Waals surface area contributed by atoms with Crippen LogP contribution in [0.5, 0.6) is 0 Å². The fourth-order valence-electron chi connectivity index (χ4n) is 2.09. The average Bonchev–Trinajstić information content (AvgIpc) is 2.52. The van der Waals surface area contributed by atoms with Crippen LogP contribution in [0.3, 0.4) is 0 Å². The summed E-state index contributed by atoms with van der Waals surface area (Å²) in [5, 5.41) is 2.75. The van der Waals surface area contributed by atoms with Crippen molar-refractivity contribution in [3.8, 4) is 11.3 Å². The Hall–Kier alpha value is -2.47. The largest absolute Gasteiger partial charge is 0.444 e. The Bertz CT molecular complexity index is 666. The van der Waals surface area contributed by atoms with Crippen molar-refractivity contribution in [3.05, 3.63) is 47.9 Å². The topological polar surface area (TPSA) is 90.1 Å². The lowest BCUT2D eigenvalue weighted by Crippen LogP contribution is -2.32. The molecule has 0 unspecified atom stereocenters. The van der Waals surface area contributed by atoms with E-state index in [1.165, 1.54) is 6.33 Å². The lowest BCUT2D eigenvalue weighted by atomic mass is 10.0. The van der Waals surface area contributed by atoms with Crippen molar-refractivity contribution in [3.63, 3.8) is 0 Å². The zero-order valence-electron chi connectivity index (χ0n) is 13.7. The molecule has 0 aliphatic heterocycles. The second-order valence-corrected chi connectivity index (χ2v) is 6.14. The highest BCUT2D eigenvalue weighted by Gasteiger charge is 2.16. The van der Waals surface area contributed by atoms with Gasteiger partial charge in [0, 0.05) is 24.8 Å². The van der Waals surface area contributed by atoms with E-state index in [4.69, 9.17) is 10.5 Å². The molecule has 1 aromatic heterocycles. The molecule has 0 aliphatic carbocycles. The quantitative estimate of drug-likeness (QED) is 0.905. The van der Waals surface area contributed by atoms with E-state index in [1.807, 2.05) is 45.0 Å². The first-order valence-electron chi connectivity index (χ1n) is 7.44. The fourth-order valence-corrected chi connectivity index (χ4v) is 2.09. The van der Waals surface area contributed by atoms with E-state index in [2.05, 4.69) is 15.3 Å². The summed E-state index contributed by atoms with van der Waals surface area (Å²) in [5.41, 5.74) is 9.02. The Morgan fingerprint density at radius 3 is 2.65 bits per heavy atom. The van der Waals surface area contributed by atoms with Crippen LogP contribution < -0.4 is 11.1 Å². The van der Waals surface area contributed by atoms with Crippen molar-refractivity contribution < 1.29 is 9.53 Å². The number of rotatable bonds is 4. The number of nitrogens with two attached hydrogens (primary N) is 1. The lowest BCUT2D eigenvalue weighted by Gasteiger charge is -2.20. The Labute approximate surface area is 136 Å². The molecule has 2 aromatic rings. The highest BCUT2D eigenvalue weighted by molar-refractivity contribution is 5.68. The van der Waals surface area contributed by atoms with Gasteiger partial charge in [0.1, 0.15) is 11.9 Å². The molecule has 1 heterocycles. The number of hydrogen-bond donors (Lipinski definition) is 2. The minimum absolute atomic E-state index is 0.367. The van der Waals surface area contributed by atoms with Gasteiger partial charge in [-0.3, -0.25) is 0 Å². The monoisotopic (exact) mass is 314 g/mol. The average molecular weight is 314 g/mol. The zero-order chi connectivity index (χ0) is 16.9. The van der Waals surface area contributed by atoms with Gasteiger partial charge >= 0.3 is 6.09 Å². The number of carbonyl (C=O) groups excluding carboxylic acids is 1. The van der Waals surface area contributed by atoms with Gasteiger partial charge in [0.2, 0.25) is 0 Å². The molecular weight excluding hydrogens is 292 g/mol. The number of aromatic nitrogens is 2. The number of nitrogens with one attached hydrogen (secondary N) is 1. The molecule has 1 aromatic carbocycles. The normalized spacial score (nSPS) is 11.1. The summed E-state index contributed by atoms with van der Waals surface area (Å²) in [4.78, 5) is 19.9. The van der Waals surface area contributed by atoms with E-state index in [1.54, 1.807) is 6.20 Å². The third-order valence-corrected chi connectivity index (χ3v) is 3.13. The molecular formula is C17H22N4O2. The maximum atomic E-state index is 11.7. The third-order valence-electron chi connectivity index (χ3n) is 3.13. The molecule has 6 heteroatoms. The van der Waals surface area contributed by atoms with Gasteiger partial charge in [-0.2, -0.15) is 0 Å². The van der Waals surface area contributed by atoms with Crippen LogP contribution in [-0.4, -0.2) is 21.7 Å². The number of amides is 1. The first-order valence-corrected chi connectivity index (χ1v) is 7.44. The predicted molar refractivity (Wildman–Crippen MR) is 88.4 cm³/mol. The molecule has 0 saturated heterocycles. The van der Waals surface area contributed by atoms with Crippen LogP contribution >= 0.6 is 0 Å². The van der Waals surface area contributed by atoms with Gasteiger partial charge in [0.15, 0.2) is 0 Å². The van der Waals surface area contributed by atoms with E-state index in [-0.39, 0.29) is 0 Å². The molecule has 0 saturated carbocycles. The second-order valence-electron chi connectivity index (χ2n) is 6.14. The summed E-state index contributed by atoms with van der Waals surface area (Å²) in [5.74, 6) is 0. The molecule has 2 rings (SSSR count). The minimum Gasteiger partial charge on any atom is -0.444 e. The van der Waals surface area contributed by atoms with Gasteiger partial charge in [-0.25, -0.2) is 14.8 Å². The van der Waals surface area contributed by atoms with Gasteiger partial charge < -0.3 is 15.8 Å². The smallest absolute Gasteiger partial charge is 0.407 e. The summed E-state index contributed by atoms with van der Waals surface area (Å²) in [6.45, 7) is 6.23. The Kier molecular flexibility index (Phi) is 5.28. The first-order chi connectivity index (χ1) is 10.9. The summed E-state index contributed by atoms with van der Waals surface area (Å²) < 4.78 is 5.23. The second kappa shape index (κ2) is 7.19. The summed E-state index contributed by atoms with van der Waals surface area (Å²) in [6, 6.07) is 7.72. The Balaban J connectivity index is 2.10. The van der Waals surface area contributed by atoms with Crippen LogP contribution in [0, 0.1) is 0 Å². The fraction of sp³-hybridized carbons (Fsp3) is 0.353. The number of alkyl carbamates (subject to hydrolysis) is 1. The van der Waals surface area contributed by atoms with Crippen LogP contribution in [0.25, 0.3) is 11.3 Å². The third kappa shape index (κ3) is 5.03. The molecule has 0 radical (unpaired) electrons. The standard InChI is InChI=1S/C17H22N4O2/c1-17(2,3)23-16(22)20-10-13-5-4-12(8-14(13)9-18)15-6-7-19-11-21-15/h4-8,11H,9-10,18H2,1-3H3,(H,20,22). The van der Waals surface area contributed by atoms with Gasteiger partial charge in [-0.1, -0.05) is 12.1 Å². The number of carbonyl (C=O) groups is 1. The van der Waals surface area contributed by atoms with Gasteiger partial charge in [0.05, 0.1) is 5.69 Å². The van der Waals surface area contributed by atoms with Crippen molar-refractivity contribution in [2.75, 3.05) is 0 Å². The van der Waals surface area contributed by atoms with Crippen molar-refractivity contribution >= 4 is 6.09 Å². The lowest BCUT2D eigenvalue weighted by molar-refractivity contribution is 0.0523. The van der Waals surface area contributed by atoms with Crippen LogP contribution in [0.4, 0.5) is 4.79 Å². The highest BCUT2D eigenvalue weighted by Crippen LogP contribution is 2.20. The van der Waals surface area contributed by atoms with E-state index in [0.29, 0.717) is 13.1 Å². The van der Waals surface area contributed by atoms with Crippen molar-refractivity contribution in [2.24, 2.45) is 5.73 Å². The first kappa shape index (κ1) is 16.9. The van der Waals surface area contributed by atoms with E-state index in [9.17, 15) is 4.79 Å². The van der Waals surface area contributed by atoms with Gasteiger partial charge in [0.25, 0.3) is 0 Å². The molecule has 6 nitrogen and oxygen atoms in total. The number of hydrogen-bond acceptors (Lipinski definition) is 5. The summed E-state index contributed by atoms with van der Waals surface area (Å²) >= 11 is 0. The van der Waals surface area contributed by atoms with Gasteiger partial charge in [-0.15, -0.1) is 0 Å². The van der Waals surface area contributed by atoms with Crippen LogP contribution in [-0.2, 0) is 17.8 Å². The van der Waals surface area contributed by atoms with Crippen LogP contribution in [0.1, 0.15) is 31.9 Å². The zero-order valence-corrected chi connectivity index (χ0v) is 13.7. The Morgan fingerprint density at radius 2 is 2.04 bits per heavy atom. The van der Waals surface area contributed by atoms with Crippen molar-refractivity contribution in [2.45, 2.75) is 39.5 Å². The Morgan fingerprint density at radius 1 is 1.26 bits per heavy atom. The van der Waals surface area contributed by atoms with E-state index >= 15 is 0 Å². The predicted octanol–water partition coefficient (Wildman–Crippen LogP) is 2.63. The highest BCUT2D eigenvalue weighted by atomic mass is 16.6. The molecule has 122 valence electrons. The molecule has 0 spiro atoms. The number of benzene rings is 1.